The second-order valence-electron chi connectivity index (χ2n) is 7.62. The Morgan fingerprint density at radius 3 is 2.56 bits per heavy atom. The highest BCUT2D eigenvalue weighted by molar-refractivity contribution is 5.82. The van der Waals surface area contributed by atoms with Crippen molar-refractivity contribution in [3.05, 3.63) is 11.8 Å². The number of esters is 2. The van der Waals surface area contributed by atoms with Gasteiger partial charge in [0.05, 0.1) is 13.0 Å². The highest BCUT2D eigenvalue weighted by Crippen LogP contribution is 2.28. The Labute approximate surface area is 152 Å². The number of nitrogens with zero attached hydrogens (tertiary/aromatic N) is 1. The van der Waals surface area contributed by atoms with E-state index in [0.29, 0.717) is 13.0 Å². The molecular weight excluding hydrogens is 318 g/mol. The number of hydrogen-bond donors (Lipinski definition) is 0. The molecule has 0 N–H and O–H groups in total. The molecule has 144 valence electrons. The summed E-state index contributed by atoms with van der Waals surface area (Å²) in [6, 6.07) is 0.0876. The quantitative estimate of drug-likeness (QED) is 0.353. The summed E-state index contributed by atoms with van der Waals surface area (Å²) in [7, 11) is 0. The lowest BCUT2D eigenvalue weighted by Gasteiger charge is -2.31. The van der Waals surface area contributed by atoms with Crippen LogP contribution >= 0.6 is 0 Å². The minimum absolute atomic E-state index is 0.0876. The zero-order chi connectivity index (χ0) is 18.9. The molecule has 1 saturated heterocycles. The van der Waals surface area contributed by atoms with E-state index in [2.05, 4.69) is 11.8 Å². The van der Waals surface area contributed by atoms with Crippen LogP contribution in [0.25, 0.3) is 0 Å². The Morgan fingerprint density at radius 1 is 1.24 bits per heavy atom. The largest absolute Gasteiger partial charge is 0.463 e. The van der Waals surface area contributed by atoms with Crippen molar-refractivity contribution in [2.45, 2.75) is 91.2 Å². The maximum absolute atomic E-state index is 12.3. The van der Waals surface area contributed by atoms with Crippen molar-refractivity contribution >= 4 is 11.9 Å². The van der Waals surface area contributed by atoms with Gasteiger partial charge in [0, 0.05) is 24.4 Å². The third-order valence-electron chi connectivity index (χ3n) is 4.18. The molecule has 5 heteroatoms. The summed E-state index contributed by atoms with van der Waals surface area (Å²) in [5, 5.41) is 0. The molecule has 1 atom stereocenters. The fourth-order valence-corrected chi connectivity index (χ4v) is 3.18. The Hall–Kier alpha value is -1.52. The van der Waals surface area contributed by atoms with Gasteiger partial charge in [0.25, 0.3) is 0 Å². The predicted octanol–water partition coefficient (Wildman–Crippen LogP) is 4.21. The highest BCUT2D eigenvalue weighted by atomic mass is 16.6. The number of likely N-dealkylation sites (tertiary alicyclic amines) is 1. The smallest absolute Gasteiger partial charge is 0.332 e. The number of unbranched alkanes of at least 4 members (excludes halogenated alkanes) is 2. The number of rotatable bonds is 9. The van der Waals surface area contributed by atoms with Crippen LogP contribution in [0.5, 0.6) is 0 Å². The van der Waals surface area contributed by atoms with E-state index in [1.165, 1.54) is 0 Å². The maximum atomic E-state index is 12.3. The molecule has 1 rings (SSSR count). The molecule has 0 aromatic heterocycles. The second-order valence-corrected chi connectivity index (χ2v) is 7.62. The summed E-state index contributed by atoms with van der Waals surface area (Å²) in [5.74, 6) is -0.467. The number of carbonyl (C=O) groups excluding carboxylic acids is 2. The van der Waals surface area contributed by atoms with E-state index in [-0.39, 0.29) is 18.0 Å². The normalized spacial score (nSPS) is 17.6. The Bertz CT molecular complexity index is 465. The molecule has 0 aliphatic carbocycles. The molecule has 0 spiro atoms. The van der Waals surface area contributed by atoms with Crippen molar-refractivity contribution in [1.82, 2.24) is 4.90 Å². The molecule has 1 aliphatic rings. The van der Waals surface area contributed by atoms with Gasteiger partial charge < -0.3 is 14.4 Å². The van der Waals surface area contributed by atoms with Gasteiger partial charge in [-0.05, 0) is 47.0 Å². The van der Waals surface area contributed by atoms with Crippen LogP contribution in [0.1, 0.15) is 79.6 Å². The molecule has 0 bridgehead atoms. The van der Waals surface area contributed by atoms with Crippen LogP contribution < -0.4 is 0 Å². The van der Waals surface area contributed by atoms with Crippen LogP contribution in [0.3, 0.4) is 0 Å². The topological polar surface area (TPSA) is 55.8 Å². The average molecular weight is 354 g/mol. The van der Waals surface area contributed by atoms with Crippen LogP contribution in [-0.4, -0.2) is 41.6 Å². The molecule has 0 aromatic rings. The summed E-state index contributed by atoms with van der Waals surface area (Å²) < 4.78 is 10.6. The Kier molecular flexibility index (Phi) is 9.01. The zero-order valence-corrected chi connectivity index (χ0v) is 16.6. The lowest BCUT2D eigenvalue weighted by Crippen LogP contribution is -2.36. The molecule has 0 unspecified atom stereocenters. The average Bonchev–Trinajstić information content (AvgIpc) is 2.92. The summed E-state index contributed by atoms with van der Waals surface area (Å²) >= 11 is 0. The van der Waals surface area contributed by atoms with Crippen molar-refractivity contribution < 1.29 is 19.1 Å². The van der Waals surface area contributed by atoms with E-state index >= 15 is 0 Å². The van der Waals surface area contributed by atoms with Gasteiger partial charge in [-0.1, -0.05) is 26.2 Å². The van der Waals surface area contributed by atoms with Crippen LogP contribution in [-0.2, 0) is 19.1 Å². The molecule has 0 saturated carbocycles. The third-order valence-corrected chi connectivity index (χ3v) is 4.18. The van der Waals surface area contributed by atoms with Gasteiger partial charge in [-0.15, -0.1) is 0 Å². The number of allylic oxidation sites excluding steroid dienone is 1. The molecule has 5 nitrogen and oxygen atoms in total. The molecular formula is C20H35NO4. The maximum Gasteiger partial charge on any atom is 0.332 e. The van der Waals surface area contributed by atoms with Gasteiger partial charge in [0.2, 0.25) is 0 Å². The first-order valence-electron chi connectivity index (χ1n) is 9.62. The van der Waals surface area contributed by atoms with Gasteiger partial charge in [-0.2, -0.15) is 0 Å². The first-order chi connectivity index (χ1) is 11.8. The summed E-state index contributed by atoms with van der Waals surface area (Å²) in [6.07, 6.45) is 8.13. The number of hydrogen-bond acceptors (Lipinski definition) is 5. The molecule has 1 heterocycles. The van der Waals surface area contributed by atoms with E-state index in [1.54, 1.807) is 13.0 Å². The van der Waals surface area contributed by atoms with Crippen molar-refractivity contribution in [2.24, 2.45) is 0 Å². The van der Waals surface area contributed by atoms with Gasteiger partial charge >= 0.3 is 11.9 Å². The van der Waals surface area contributed by atoms with Crippen LogP contribution in [0.2, 0.25) is 0 Å². The number of ether oxygens (including phenoxy) is 2. The van der Waals surface area contributed by atoms with Gasteiger partial charge in [0.15, 0.2) is 0 Å². The highest BCUT2D eigenvalue weighted by Gasteiger charge is 2.29. The molecule has 1 aliphatic heterocycles. The van der Waals surface area contributed by atoms with Gasteiger partial charge in [-0.25, -0.2) is 4.79 Å². The summed E-state index contributed by atoms with van der Waals surface area (Å²) in [5.41, 5.74) is 0.517. The van der Waals surface area contributed by atoms with E-state index in [0.717, 1.165) is 50.8 Å². The molecule has 0 radical (unpaired) electrons. The number of carbonyl (C=O) groups is 2. The van der Waals surface area contributed by atoms with E-state index in [9.17, 15) is 9.59 Å². The fraction of sp³-hybridized carbons (Fsp3) is 0.800. The van der Waals surface area contributed by atoms with Crippen LogP contribution in [0.15, 0.2) is 11.8 Å². The lowest BCUT2D eigenvalue weighted by molar-refractivity contribution is -0.156. The zero-order valence-electron chi connectivity index (χ0n) is 16.6. The Balaban J connectivity index is 2.82. The van der Waals surface area contributed by atoms with Crippen LogP contribution in [0, 0.1) is 0 Å². The minimum Gasteiger partial charge on any atom is -0.463 e. The SMILES string of the molecule is CCCCC[C@@H](CC(=O)OC(C)(C)C)N1CCC/C1=C\C(=O)OCC. The monoisotopic (exact) mass is 353 g/mol. The molecule has 1 fully saturated rings. The van der Waals surface area contributed by atoms with Crippen molar-refractivity contribution in [2.75, 3.05) is 13.2 Å². The summed E-state index contributed by atoms with van der Waals surface area (Å²) in [6.45, 7) is 10.9. The predicted molar refractivity (Wildman–Crippen MR) is 99.0 cm³/mol. The first kappa shape index (κ1) is 21.5. The van der Waals surface area contributed by atoms with Crippen molar-refractivity contribution in [3.8, 4) is 0 Å². The van der Waals surface area contributed by atoms with E-state index < -0.39 is 5.60 Å². The molecule has 0 aromatic carbocycles. The van der Waals surface area contributed by atoms with Crippen LogP contribution in [0.4, 0.5) is 0 Å². The third kappa shape index (κ3) is 8.41. The van der Waals surface area contributed by atoms with Crippen molar-refractivity contribution in [3.63, 3.8) is 0 Å². The molecule has 0 amide bonds. The first-order valence-corrected chi connectivity index (χ1v) is 9.62. The Morgan fingerprint density at radius 2 is 1.96 bits per heavy atom. The van der Waals surface area contributed by atoms with Crippen molar-refractivity contribution in [1.29, 1.82) is 0 Å². The second kappa shape index (κ2) is 10.5. The standard InChI is InChI=1S/C20H35NO4/c1-6-8-9-11-16(15-19(23)25-20(3,4)5)21-13-10-12-17(21)14-18(22)24-7-2/h14,16H,6-13,15H2,1-5H3/b17-14+/t16-/m0/s1. The van der Waals surface area contributed by atoms with Gasteiger partial charge in [-0.3, -0.25) is 4.79 Å². The van der Waals surface area contributed by atoms with E-state index in [1.807, 2.05) is 20.8 Å². The van der Waals surface area contributed by atoms with Gasteiger partial charge in [0.1, 0.15) is 5.60 Å². The fourth-order valence-electron chi connectivity index (χ4n) is 3.18. The summed E-state index contributed by atoms with van der Waals surface area (Å²) in [4.78, 5) is 26.4. The lowest BCUT2D eigenvalue weighted by atomic mass is 10.0. The van der Waals surface area contributed by atoms with E-state index in [4.69, 9.17) is 9.47 Å². The molecule has 25 heavy (non-hydrogen) atoms. The minimum atomic E-state index is -0.473.